The molecule has 0 fully saturated rings. The molecule has 0 aliphatic carbocycles. The first kappa shape index (κ1) is 12.4. The molecule has 1 aromatic carbocycles. The molecule has 5 nitrogen and oxygen atoms in total. The van der Waals surface area contributed by atoms with Gasteiger partial charge in [0.2, 0.25) is 5.82 Å². The number of thiophene rings is 1. The number of benzene rings is 1. The zero-order chi connectivity index (χ0) is 13.8. The summed E-state index contributed by atoms with van der Waals surface area (Å²) in [6.07, 6.45) is 0. The van der Waals surface area contributed by atoms with Crippen LogP contribution in [0.5, 0.6) is 5.75 Å². The van der Waals surface area contributed by atoms with Gasteiger partial charge in [0.25, 0.3) is 5.89 Å². The van der Waals surface area contributed by atoms with E-state index in [1.165, 1.54) is 0 Å². The molecule has 0 saturated heterocycles. The summed E-state index contributed by atoms with van der Waals surface area (Å²) >= 11 is 1.57. The molecule has 0 N–H and O–H groups in total. The predicted octanol–water partition coefficient (Wildman–Crippen LogP) is 3.25. The van der Waals surface area contributed by atoms with Crippen molar-refractivity contribution in [2.45, 2.75) is 6.61 Å². The van der Waals surface area contributed by atoms with Crippen molar-refractivity contribution in [1.82, 2.24) is 10.1 Å². The largest absolute Gasteiger partial charge is 0.484 e. The molecule has 3 rings (SSSR count). The van der Waals surface area contributed by atoms with Crippen LogP contribution in [0.1, 0.15) is 11.5 Å². The molecule has 0 atom stereocenters. The highest BCUT2D eigenvalue weighted by molar-refractivity contribution is 7.08. The van der Waals surface area contributed by atoms with Crippen molar-refractivity contribution in [2.75, 3.05) is 0 Å². The third-order valence-corrected chi connectivity index (χ3v) is 3.26. The van der Waals surface area contributed by atoms with Gasteiger partial charge in [0.1, 0.15) is 5.75 Å². The van der Waals surface area contributed by atoms with Crippen LogP contribution in [-0.4, -0.2) is 10.1 Å². The zero-order valence-corrected chi connectivity index (χ0v) is 11.1. The SMILES string of the molecule is N#Cc1cccc(OCc2nc(-c3ccsc3)no2)c1. The van der Waals surface area contributed by atoms with Crippen molar-refractivity contribution in [1.29, 1.82) is 5.26 Å². The molecule has 2 heterocycles. The smallest absolute Gasteiger partial charge is 0.264 e. The molecule has 0 unspecified atom stereocenters. The van der Waals surface area contributed by atoms with E-state index < -0.39 is 0 Å². The zero-order valence-electron chi connectivity index (χ0n) is 10.3. The quantitative estimate of drug-likeness (QED) is 0.735. The highest BCUT2D eigenvalue weighted by Crippen LogP contribution is 2.19. The fraction of sp³-hybridized carbons (Fsp3) is 0.0714. The second-order valence-electron chi connectivity index (χ2n) is 3.95. The topological polar surface area (TPSA) is 71.9 Å². The molecule has 0 saturated carbocycles. The number of hydrogen-bond donors (Lipinski definition) is 0. The number of aromatic nitrogens is 2. The first-order valence-corrected chi connectivity index (χ1v) is 6.77. The van der Waals surface area contributed by atoms with Gasteiger partial charge in [-0.15, -0.1) is 0 Å². The maximum absolute atomic E-state index is 8.81. The lowest BCUT2D eigenvalue weighted by Crippen LogP contribution is -1.95. The highest BCUT2D eigenvalue weighted by atomic mass is 32.1. The number of ether oxygens (including phenoxy) is 1. The maximum Gasteiger partial charge on any atom is 0.264 e. The molecule has 0 radical (unpaired) electrons. The Balaban J connectivity index is 1.68. The molecule has 0 bridgehead atoms. The molecule has 98 valence electrons. The molecule has 0 amide bonds. The molecule has 3 aromatic rings. The van der Waals surface area contributed by atoms with Crippen LogP contribution in [0.25, 0.3) is 11.4 Å². The fourth-order valence-electron chi connectivity index (χ4n) is 1.62. The second kappa shape index (κ2) is 5.55. The van der Waals surface area contributed by atoms with Crippen LogP contribution in [0.15, 0.2) is 45.6 Å². The first-order chi connectivity index (χ1) is 9.85. The van der Waals surface area contributed by atoms with E-state index in [-0.39, 0.29) is 6.61 Å². The van der Waals surface area contributed by atoms with Crippen molar-refractivity contribution in [3.8, 4) is 23.2 Å². The molecule has 2 aromatic heterocycles. The summed E-state index contributed by atoms with van der Waals surface area (Å²) in [5, 5.41) is 16.6. The van der Waals surface area contributed by atoms with Crippen LogP contribution < -0.4 is 4.74 Å². The van der Waals surface area contributed by atoms with Crippen LogP contribution in [0.2, 0.25) is 0 Å². The Morgan fingerprint density at radius 3 is 3.10 bits per heavy atom. The van der Waals surface area contributed by atoms with Gasteiger partial charge in [-0.3, -0.25) is 0 Å². The van der Waals surface area contributed by atoms with E-state index in [4.69, 9.17) is 14.5 Å². The van der Waals surface area contributed by atoms with E-state index >= 15 is 0 Å². The van der Waals surface area contributed by atoms with E-state index in [1.54, 1.807) is 35.6 Å². The molecular weight excluding hydrogens is 274 g/mol. The third-order valence-electron chi connectivity index (χ3n) is 2.57. The number of rotatable bonds is 4. The van der Waals surface area contributed by atoms with E-state index in [0.717, 1.165) is 5.56 Å². The van der Waals surface area contributed by atoms with Gasteiger partial charge in [0.05, 0.1) is 11.6 Å². The van der Waals surface area contributed by atoms with Crippen LogP contribution >= 0.6 is 11.3 Å². The molecule has 20 heavy (non-hydrogen) atoms. The van der Waals surface area contributed by atoms with Crippen molar-refractivity contribution in [3.63, 3.8) is 0 Å². The Labute approximate surface area is 119 Å². The minimum atomic E-state index is 0.173. The summed E-state index contributed by atoms with van der Waals surface area (Å²) in [6, 6.07) is 10.9. The average molecular weight is 283 g/mol. The van der Waals surface area contributed by atoms with Crippen molar-refractivity contribution < 1.29 is 9.26 Å². The maximum atomic E-state index is 8.81. The molecule has 6 heteroatoms. The Morgan fingerprint density at radius 2 is 2.30 bits per heavy atom. The van der Waals surface area contributed by atoms with Gasteiger partial charge < -0.3 is 9.26 Å². The fourth-order valence-corrected chi connectivity index (χ4v) is 2.26. The predicted molar refractivity (Wildman–Crippen MR) is 73.1 cm³/mol. The van der Waals surface area contributed by atoms with Gasteiger partial charge in [-0.25, -0.2) is 0 Å². The Kier molecular flexibility index (Phi) is 3.44. The van der Waals surface area contributed by atoms with E-state index in [0.29, 0.717) is 23.0 Å². The van der Waals surface area contributed by atoms with E-state index in [1.807, 2.05) is 16.8 Å². The van der Waals surface area contributed by atoms with Gasteiger partial charge in [-0.1, -0.05) is 11.2 Å². The summed E-state index contributed by atoms with van der Waals surface area (Å²) in [5.74, 6) is 1.54. The molecular formula is C14H9N3O2S. The van der Waals surface area contributed by atoms with Crippen molar-refractivity contribution in [3.05, 3.63) is 52.5 Å². The summed E-state index contributed by atoms with van der Waals surface area (Å²) in [6.45, 7) is 0.173. The summed E-state index contributed by atoms with van der Waals surface area (Å²) in [4.78, 5) is 4.25. The molecule has 0 spiro atoms. The first-order valence-electron chi connectivity index (χ1n) is 5.83. The third kappa shape index (κ3) is 2.68. The number of nitriles is 1. The Morgan fingerprint density at radius 1 is 1.35 bits per heavy atom. The van der Waals surface area contributed by atoms with E-state index in [9.17, 15) is 0 Å². The van der Waals surface area contributed by atoms with Crippen molar-refractivity contribution >= 4 is 11.3 Å². The van der Waals surface area contributed by atoms with Gasteiger partial charge >= 0.3 is 0 Å². The van der Waals surface area contributed by atoms with Crippen LogP contribution in [-0.2, 0) is 6.61 Å². The summed E-state index contributed by atoms with van der Waals surface area (Å²) in [7, 11) is 0. The molecule has 0 aliphatic heterocycles. The van der Waals surface area contributed by atoms with E-state index in [2.05, 4.69) is 16.2 Å². The number of hydrogen-bond acceptors (Lipinski definition) is 6. The van der Waals surface area contributed by atoms with Crippen molar-refractivity contribution in [2.24, 2.45) is 0 Å². The second-order valence-corrected chi connectivity index (χ2v) is 4.73. The lowest BCUT2D eigenvalue weighted by molar-refractivity contribution is 0.243. The highest BCUT2D eigenvalue weighted by Gasteiger charge is 2.09. The van der Waals surface area contributed by atoms with Gasteiger partial charge in [0.15, 0.2) is 6.61 Å². The summed E-state index contributed by atoms with van der Waals surface area (Å²) in [5.41, 5.74) is 1.48. The lowest BCUT2D eigenvalue weighted by atomic mass is 10.2. The minimum Gasteiger partial charge on any atom is -0.484 e. The normalized spacial score (nSPS) is 10.2. The van der Waals surface area contributed by atoms with Crippen LogP contribution in [0.4, 0.5) is 0 Å². The summed E-state index contributed by atoms with van der Waals surface area (Å²) < 4.78 is 10.6. The standard InChI is InChI=1S/C14H9N3O2S/c15-7-10-2-1-3-12(6-10)18-8-13-16-14(17-19-13)11-4-5-20-9-11/h1-6,9H,8H2. The lowest BCUT2D eigenvalue weighted by Gasteiger charge is -2.02. The molecule has 0 aliphatic rings. The average Bonchev–Trinajstić information content (AvgIpc) is 3.16. The minimum absolute atomic E-state index is 0.173. The number of nitrogens with zero attached hydrogens (tertiary/aromatic N) is 3. The van der Waals surface area contributed by atoms with Crippen LogP contribution in [0.3, 0.4) is 0 Å². The monoisotopic (exact) mass is 283 g/mol. The van der Waals surface area contributed by atoms with Gasteiger partial charge in [-0.05, 0) is 29.6 Å². The Hall–Kier alpha value is -2.65. The van der Waals surface area contributed by atoms with Gasteiger partial charge in [-0.2, -0.15) is 21.6 Å². The Bertz CT molecular complexity index is 744. The van der Waals surface area contributed by atoms with Crippen LogP contribution in [0, 0.1) is 11.3 Å². The van der Waals surface area contributed by atoms with Gasteiger partial charge in [0, 0.05) is 10.9 Å².